The average Bonchev–Trinajstić information content (AvgIpc) is 3.76. The van der Waals surface area contributed by atoms with E-state index in [1.807, 2.05) is 12.4 Å². The number of furan rings is 2. The zero-order valence-electron chi connectivity index (χ0n) is 22.4. The SMILES string of the molecule is C.N#CC[C@H]1CC[C@H](Nc2c(N)cnc3ccoc23)CO1.N#CC[C@H]1CC[C@H](n2cnc3cnc4ccoc4c32)CO1. The maximum atomic E-state index is 8.74. The molecule has 218 valence electrons. The Morgan fingerprint density at radius 1 is 0.857 bits per heavy atom. The summed E-state index contributed by atoms with van der Waals surface area (Å²) in [6.45, 7) is 1.17. The summed E-state index contributed by atoms with van der Waals surface area (Å²) in [4.78, 5) is 12.9. The van der Waals surface area contributed by atoms with Crippen LogP contribution in [0.2, 0.25) is 0 Å². The van der Waals surface area contributed by atoms with E-state index in [2.05, 4.69) is 37.0 Å². The summed E-state index contributed by atoms with van der Waals surface area (Å²) in [7, 11) is 0. The van der Waals surface area contributed by atoms with E-state index >= 15 is 0 Å². The zero-order valence-corrected chi connectivity index (χ0v) is 22.4. The summed E-state index contributed by atoms with van der Waals surface area (Å²) in [6.07, 6.45) is 13.2. The van der Waals surface area contributed by atoms with Crippen molar-refractivity contribution in [3.63, 3.8) is 0 Å². The Labute approximate surface area is 243 Å². The fraction of sp³-hybridized carbons (Fsp3) is 0.433. The lowest BCUT2D eigenvalue weighted by Gasteiger charge is -2.29. The Morgan fingerprint density at radius 2 is 1.52 bits per heavy atom. The fourth-order valence-corrected chi connectivity index (χ4v) is 5.43. The van der Waals surface area contributed by atoms with Crippen LogP contribution in [0.1, 0.15) is 52.0 Å². The molecule has 7 rings (SSSR count). The number of imidazole rings is 1. The minimum Gasteiger partial charge on any atom is -0.460 e. The monoisotopic (exact) mass is 570 g/mol. The number of ether oxygens (including phenoxy) is 2. The number of nitriles is 2. The molecule has 2 fully saturated rings. The van der Waals surface area contributed by atoms with E-state index in [0.717, 1.165) is 59.0 Å². The molecule has 0 spiro atoms. The normalized spacial score (nSPS) is 22.0. The van der Waals surface area contributed by atoms with Gasteiger partial charge in [0.25, 0.3) is 0 Å². The van der Waals surface area contributed by atoms with Crippen molar-refractivity contribution in [2.75, 3.05) is 24.3 Å². The third-order valence-electron chi connectivity index (χ3n) is 7.61. The van der Waals surface area contributed by atoms with E-state index in [4.69, 9.17) is 34.6 Å². The number of nitrogens with one attached hydrogen (secondary N) is 1. The van der Waals surface area contributed by atoms with Crippen LogP contribution in [0.25, 0.3) is 33.2 Å². The molecule has 0 unspecified atom stereocenters. The highest BCUT2D eigenvalue weighted by molar-refractivity contribution is 5.98. The molecule has 42 heavy (non-hydrogen) atoms. The number of anilines is 2. The molecule has 0 amide bonds. The van der Waals surface area contributed by atoms with Crippen molar-refractivity contribution >= 4 is 44.6 Å². The molecule has 2 saturated heterocycles. The molecular weight excluding hydrogens is 536 g/mol. The van der Waals surface area contributed by atoms with Crippen molar-refractivity contribution in [3.05, 3.63) is 43.4 Å². The maximum Gasteiger partial charge on any atom is 0.178 e. The van der Waals surface area contributed by atoms with Crippen molar-refractivity contribution in [1.82, 2.24) is 19.5 Å². The number of nitrogens with zero attached hydrogens (tertiary/aromatic N) is 6. The first-order valence-electron chi connectivity index (χ1n) is 13.7. The fourth-order valence-electron chi connectivity index (χ4n) is 5.43. The van der Waals surface area contributed by atoms with Gasteiger partial charge in [-0.1, -0.05) is 7.43 Å². The van der Waals surface area contributed by atoms with E-state index in [1.54, 1.807) is 31.0 Å². The van der Waals surface area contributed by atoms with Crippen molar-refractivity contribution in [2.24, 2.45) is 0 Å². The Kier molecular flexibility index (Phi) is 8.86. The summed E-state index contributed by atoms with van der Waals surface area (Å²) >= 11 is 0. The van der Waals surface area contributed by atoms with Crippen LogP contribution in [0.4, 0.5) is 11.4 Å². The zero-order chi connectivity index (χ0) is 28.2. The smallest absolute Gasteiger partial charge is 0.178 e. The predicted octanol–water partition coefficient (Wildman–Crippen LogP) is 5.73. The lowest BCUT2D eigenvalue weighted by atomic mass is 10.0. The van der Waals surface area contributed by atoms with Crippen LogP contribution in [-0.2, 0) is 9.47 Å². The summed E-state index contributed by atoms with van der Waals surface area (Å²) in [5, 5.41) is 20.8. The Hall–Kier alpha value is -4.65. The largest absolute Gasteiger partial charge is 0.460 e. The topological polar surface area (TPSA) is 174 Å². The van der Waals surface area contributed by atoms with Gasteiger partial charge in [0.05, 0.1) is 93.4 Å². The van der Waals surface area contributed by atoms with Crippen molar-refractivity contribution in [1.29, 1.82) is 10.5 Å². The number of nitrogens with two attached hydrogens (primary N) is 1. The van der Waals surface area contributed by atoms with E-state index < -0.39 is 0 Å². The molecular formula is C30H34N8O4. The van der Waals surface area contributed by atoms with Crippen LogP contribution >= 0.6 is 0 Å². The van der Waals surface area contributed by atoms with Gasteiger partial charge in [-0.3, -0.25) is 9.97 Å². The van der Waals surface area contributed by atoms with Gasteiger partial charge in [0, 0.05) is 18.2 Å². The van der Waals surface area contributed by atoms with Crippen molar-refractivity contribution < 1.29 is 18.3 Å². The summed E-state index contributed by atoms with van der Waals surface area (Å²) in [5.74, 6) is 0. The third-order valence-corrected chi connectivity index (χ3v) is 7.61. The number of fused-ring (bicyclic) bond motifs is 4. The Bertz CT molecular complexity index is 1710. The Morgan fingerprint density at radius 3 is 2.19 bits per heavy atom. The molecule has 12 heteroatoms. The third kappa shape index (κ3) is 5.86. The Balaban J connectivity index is 0.000000164. The average molecular weight is 571 g/mol. The summed E-state index contributed by atoms with van der Waals surface area (Å²) in [5.41, 5.74) is 12.2. The molecule has 2 aliphatic rings. The lowest BCUT2D eigenvalue weighted by molar-refractivity contribution is -0.00765. The molecule has 0 aromatic carbocycles. The van der Waals surface area contributed by atoms with Crippen molar-refractivity contribution in [3.8, 4) is 12.1 Å². The predicted molar refractivity (Wildman–Crippen MR) is 157 cm³/mol. The highest BCUT2D eigenvalue weighted by Crippen LogP contribution is 2.32. The second-order valence-electron chi connectivity index (χ2n) is 10.3. The minimum atomic E-state index is 0. The van der Waals surface area contributed by atoms with E-state index in [0.29, 0.717) is 37.3 Å². The number of rotatable bonds is 5. The van der Waals surface area contributed by atoms with Gasteiger partial charge >= 0.3 is 0 Å². The maximum absolute atomic E-state index is 8.74. The number of hydrogen-bond acceptors (Lipinski definition) is 11. The molecule has 2 aliphatic heterocycles. The second-order valence-corrected chi connectivity index (χ2v) is 10.3. The standard InChI is InChI=1S/C15H14N4O2.C14H16N4O2.CH4/c16-5-3-11-2-1-10(8-21-11)19-9-18-13-7-17-12-4-6-20-15(12)14(13)19;15-5-3-10-2-1-9(8-20-10)18-13-11(16)7-17-12-4-6-19-14(12)13;/h4,6-7,9-11H,1-3,8H2;4,6-7,9-10H,1-3,8,16H2,(H,17,18);1H4/t10-,11+;9-,10+;/m00./s1. The quantitative estimate of drug-likeness (QED) is 0.264. The van der Waals surface area contributed by atoms with E-state index in [1.165, 1.54) is 0 Å². The van der Waals surface area contributed by atoms with Gasteiger partial charge in [-0.25, -0.2) is 4.98 Å². The second kappa shape index (κ2) is 12.9. The minimum absolute atomic E-state index is 0. The van der Waals surface area contributed by atoms with Gasteiger partial charge in [0.1, 0.15) is 27.8 Å². The van der Waals surface area contributed by atoms with E-state index in [-0.39, 0.29) is 31.7 Å². The molecule has 0 bridgehead atoms. The lowest BCUT2D eigenvalue weighted by Crippen LogP contribution is -2.34. The first-order valence-corrected chi connectivity index (χ1v) is 13.7. The molecule has 0 aliphatic carbocycles. The van der Waals surface area contributed by atoms with Gasteiger partial charge in [-0.05, 0) is 25.7 Å². The van der Waals surface area contributed by atoms with Crippen LogP contribution in [0.15, 0.2) is 52.2 Å². The van der Waals surface area contributed by atoms with Gasteiger partial charge in [-0.15, -0.1) is 0 Å². The van der Waals surface area contributed by atoms with Gasteiger partial charge < -0.3 is 33.9 Å². The molecule has 5 aromatic rings. The molecule has 12 nitrogen and oxygen atoms in total. The van der Waals surface area contributed by atoms with Crippen LogP contribution < -0.4 is 11.1 Å². The highest BCUT2D eigenvalue weighted by Gasteiger charge is 2.25. The molecule has 4 atom stereocenters. The number of hydrogen-bond donors (Lipinski definition) is 2. The van der Waals surface area contributed by atoms with Crippen LogP contribution in [0.5, 0.6) is 0 Å². The van der Waals surface area contributed by atoms with Gasteiger partial charge in [0.15, 0.2) is 11.2 Å². The number of aromatic nitrogens is 4. The summed E-state index contributed by atoms with van der Waals surface area (Å²) in [6, 6.07) is 8.36. The van der Waals surface area contributed by atoms with Crippen molar-refractivity contribution in [2.45, 2.75) is 70.2 Å². The summed E-state index contributed by atoms with van der Waals surface area (Å²) < 4.78 is 24.6. The molecule has 0 radical (unpaired) electrons. The van der Waals surface area contributed by atoms with Crippen LogP contribution in [-0.4, -0.2) is 51.0 Å². The van der Waals surface area contributed by atoms with Gasteiger partial charge in [-0.2, -0.15) is 10.5 Å². The molecule has 5 aromatic heterocycles. The highest BCUT2D eigenvalue weighted by atomic mass is 16.5. The van der Waals surface area contributed by atoms with Crippen LogP contribution in [0, 0.1) is 22.7 Å². The number of pyridine rings is 2. The molecule has 3 N–H and O–H groups in total. The first-order chi connectivity index (χ1) is 20.1. The van der Waals surface area contributed by atoms with Crippen LogP contribution in [0.3, 0.4) is 0 Å². The van der Waals surface area contributed by atoms with E-state index in [9.17, 15) is 0 Å². The number of nitrogen functional groups attached to an aromatic ring is 1. The first kappa shape index (κ1) is 28.9. The van der Waals surface area contributed by atoms with Gasteiger partial charge in [0.2, 0.25) is 0 Å². The molecule has 7 heterocycles. The molecule has 0 saturated carbocycles.